The Morgan fingerprint density at radius 2 is 1.94 bits per heavy atom. The molecule has 1 aromatic heterocycles. The van der Waals surface area contributed by atoms with Crippen LogP contribution < -0.4 is 4.90 Å². The third-order valence-electron chi connectivity index (χ3n) is 2.99. The van der Waals surface area contributed by atoms with Crippen molar-refractivity contribution in [3.8, 4) is 5.69 Å². The van der Waals surface area contributed by atoms with Crippen molar-refractivity contribution in [2.24, 2.45) is 0 Å². The minimum atomic E-state index is -0.219. The first kappa shape index (κ1) is 12.8. The average molecular weight is 266 g/mol. The standard InChI is InChI=1S/C12H16ClN5/c1-12(2,9-13)17(3)11-14-15-16-18(11)10-7-5-4-6-8-10/h4-8H,9H2,1-3H3. The SMILES string of the molecule is CN(c1nnnn1-c1ccccc1)C(C)(C)CCl. The fourth-order valence-corrected chi connectivity index (χ4v) is 1.67. The first-order valence-electron chi connectivity index (χ1n) is 5.70. The molecule has 0 saturated carbocycles. The Hall–Kier alpha value is -1.62. The maximum absolute atomic E-state index is 5.98. The Kier molecular flexibility index (Phi) is 3.52. The molecule has 2 rings (SSSR count). The number of para-hydroxylation sites is 1. The molecule has 0 saturated heterocycles. The Morgan fingerprint density at radius 3 is 2.56 bits per heavy atom. The predicted molar refractivity (Wildman–Crippen MR) is 72.4 cm³/mol. The van der Waals surface area contributed by atoms with Crippen LogP contribution >= 0.6 is 11.6 Å². The van der Waals surface area contributed by atoms with E-state index in [1.807, 2.05) is 56.1 Å². The zero-order valence-corrected chi connectivity index (χ0v) is 11.5. The lowest BCUT2D eigenvalue weighted by atomic mass is 10.1. The van der Waals surface area contributed by atoms with Crippen molar-refractivity contribution in [1.29, 1.82) is 0 Å². The van der Waals surface area contributed by atoms with E-state index >= 15 is 0 Å². The van der Waals surface area contributed by atoms with Gasteiger partial charge < -0.3 is 4.90 Å². The average Bonchev–Trinajstić information content (AvgIpc) is 2.87. The number of aromatic nitrogens is 4. The smallest absolute Gasteiger partial charge is 0.250 e. The lowest BCUT2D eigenvalue weighted by molar-refractivity contribution is 0.529. The number of alkyl halides is 1. The van der Waals surface area contributed by atoms with Gasteiger partial charge in [0.15, 0.2) is 0 Å². The van der Waals surface area contributed by atoms with Gasteiger partial charge in [-0.2, -0.15) is 4.68 Å². The number of hydrogen-bond acceptors (Lipinski definition) is 4. The number of tetrazole rings is 1. The van der Waals surface area contributed by atoms with Gasteiger partial charge in [0.2, 0.25) is 0 Å². The summed E-state index contributed by atoms with van der Waals surface area (Å²) in [5, 5.41) is 11.8. The van der Waals surface area contributed by atoms with Gasteiger partial charge in [0.25, 0.3) is 5.95 Å². The van der Waals surface area contributed by atoms with Gasteiger partial charge in [-0.3, -0.25) is 0 Å². The summed E-state index contributed by atoms with van der Waals surface area (Å²) in [5.41, 5.74) is 0.706. The lowest BCUT2D eigenvalue weighted by Crippen LogP contribution is -2.44. The normalized spacial score (nSPS) is 11.6. The second kappa shape index (κ2) is 4.94. The van der Waals surface area contributed by atoms with Crippen LogP contribution in [0.3, 0.4) is 0 Å². The molecule has 0 atom stereocenters. The largest absolute Gasteiger partial charge is 0.336 e. The van der Waals surface area contributed by atoms with E-state index in [2.05, 4.69) is 15.5 Å². The molecule has 5 nitrogen and oxygen atoms in total. The molecule has 0 aliphatic rings. The minimum Gasteiger partial charge on any atom is -0.336 e. The molecule has 0 N–H and O–H groups in total. The molecular weight excluding hydrogens is 250 g/mol. The van der Waals surface area contributed by atoms with Crippen molar-refractivity contribution in [2.75, 3.05) is 17.8 Å². The summed E-state index contributed by atoms with van der Waals surface area (Å²) in [4.78, 5) is 1.98. The van der Waals surface area contributed by atoms with Gasteiger partial charge >= 0.3 is 0 Å². The van der Waals surface area contributed by atoms with Crippen molar-refractivity contribution >= 4 is 17.5 Å². The third kappa shape index (κ3) is 2.31. The molecule has 6 heteroatoms. The Morgan fingerprint density at radius 1 is 1.28 bits per heavy atom. The van der Waals surface area contributed by atoms with Gasteiger partial charge in [-0.05, 0) is 36.4 Å². The summed E-state index contributed by atoms with van der Waals surface area (Å²) >= 11 is 5.98. The van der Waals surface area contributed by atoms with Gasteiger partial charge in [0.05, 0.1) is 11.2 Å². The molecule has 0 bridgehead atoms. The van der Waals surface area contributed by atoms with Crippen molar-refractivity contribution in [1.82, 2.24) is 20.2 Å². The quantitative estimate of drug-likeness (QED) is 0.795. The minimum absolute atomic E-state index is 0.219. The molecule has 0 aliphatic heterocycles. The number of hydrogen-bond donors (Lipinski definition) is 0. The van der Waals surface area contributed by atoms with Crippen LogP contribution in [-0.2, 0) is 0 Å². The zero-order valence-electron chi connectivity index (χ0n) is 10.7. The maximum atomic E-state index is 5.98. The highest BCUT2D eigenvalue weighted by molar-refractivity contribution is 6.18. The molecule has 0 aliphatic carbocycles. The van der Waals surface area contributed by atoms with Crippen LogP contribution in [0.5, 0.6) is 0 Å². The molecule has 96 valence electrons. The Bertz CT molecular complexity index is 508. The van der Waals surface area contributed by atoms with Crippen molar-refractivity contribution in [3.63, 3.8) is 0 Å². The van der Waals surface area contributed by atoms with Crippen LogP contribution in [0.1, 0.15) is 13.8 Å². The molecule has 1 heterocycles. The molecular formula is C12H16ClN5. The van der Waals surface area contributed by atoms with Crippen molar-refractivity contribution in [2.45, 2.75) is 19.4 Å². The summed E-state index contributed by atoms with van der Waals surface area (Å²) in [5.74, 6) is 1.16. The predicted octanol–water partition coefficient (Wildman–Crippen LogP) is 2.12. The van der Waals surface area contributed by atoms with E-state index in [9.17, 15) is 0 Å². The topological polar surface area (TPSA) is 46.8 Å². The van der Waals surface area contributed by atoms with Gasteiger partial charge in [0, 0.05) is 12.9 Å². The van der Waals surface area contributed by atoms with E-state index in [0.717, 1.165) is 5.69 Å². The van der Waals surface area contributed by atoms with Crippen LogP contribution in [-0.4, -0.2) is 38.7 Å². The van der Waals surface area contributed by atoms with E-state index in [0.29, 0.717) is 11.8 Å². The lowest BCUT2D eigenvalue weighted by Gasteiger charge is -2.33. The van der Waals surface area contributed by atoms with E-state index < -0.39 is 0 Å². The molecule has 0 unspecified atom stereocenters. The third-order valence-corrected chi connectivity index (χ3v) is 3.64. The molecule has 0 radical (unpaired) electrons. The number of anilines is 1. The van der Waals surface area contributed by atoms with Gasteiger partial charge in [0.1, 0.15) is 0 Å². The van der Waals surface area contributed by atoms with E-state index in [1.54, 1.807) is 4.68 Å². The van der Waals surface area contributed by atoms with E-state index in [-0.39, 0.29) is 5.54 Å². The summed E-state index contributed by atoms with van der Waals surface area (Å²) in [6, 6.07) is 9.78. The van der Waals surface area contributed by atoms with Crippen LogP contribution in [0.4, 0.5) is 5.95 Å². The fourth-order valence-electron chi connectivity index (χ4n) is 1.49. The second-order valence-electron chi connectivity index (χ2n) is 4.73. The first-order chi connectivity index (χ1) is 8.56. The van der Waals surface area contributed by atoms with Crippen LogP contribution in [0, 0.1) is 0 Å². The van der Waals surface area contributed by atoms with Crippen LogP contribution in [0.15, 0.2) is 30.3 Å². The molecule has 18 heavy (non-hydrogen) atoms. The number of rotatable bonds is 4. The fraction of sp³-hybridized carbons (Fsp3) is 0.417. The zero-order chi connectivity index (χ0) is 13.2. The molecule has 2 aromatic rings. The second-order valence-corrected chi connectivity index (χ2v) is 5.00. The monoisotopic (exact) mass is 265 g/mol. The van der Waals surface area contributed by atoms with Crippen LogP contribution in [0.2, 0.25) is 0 Å². The summed E-state index contributed by atoms with van der Waals surface area (Å²) in [7, 11) is 1.94. The molecule has 0 amide bonds. The number of nitrogens with zero attached hydrogens (tertiary/aromatic N) is 5. The molecule has 0 spiro atoms. The van der Waals surface area contributed by atoms with Gasteiger partial charge in [-0.25, -0.2) is 0 Å². The van der Waals surface area contributed by atoms with Crippen LogP contribution in [0.25, 0.3) is 5.69 Å². The summed E-state index contributed by atoms with van der Waals surface area (Å²) < 4.78 is 1.70. The highest BCUT2D eigenvalue weighted by atomic mass is 35.5. The summed E-state index contributed by atoms with van der Waals surface area (Å²) in [6.45, 7) is 4.09. The first-order valence-corrected chi connectivity index (χ1v) is 6.23. The molecule has 0 fully saturated rings. The van der Waals surface area contributed by atoms with E-state index in [1.165, 1.54) is 0 Å². The van der Waals surface area contributed by atoms with Gasteiger partial charge in [-0.15, -0.1) is 11.6 Å². The number of benzene rings is 1. The Balaban J connectivity index is 2.40. The Labute approximate surface area is 111 Å². The molecule has 1 aromatic carbocycles. The maximum Gasteiger partial charge on any atom is 0.250 e. The van der Waals surface area contributed by atoms with Crippen molar-refractivity contribution in [3.05, 3.63) is 30.3 Å². The highest BCUT2D eigenvalue weighted by Gasteiger charge is 2.27. The van der Waals surface area contributed by atoms with Gasteiger partial charge in [-0.1, -0.05) is 23.3 Å². The van der Waals surface area contributed by atoms with E-state index in [4.69, 9.17) is 11.6 Å². The summed E-state index contributed by atoms with van der Waals surface area (Å²) in [6.07, 6.45) is 0. The highest BCUT2D eigenvalue weighted by Crippen LogP contribution is 2.22. The number of halogens is 1. The van der Waals surface area contributed by atoms with Crippen molar-refractivity contribution < 1.29 is 0 Å².